The Morgan fingerprint density at radius 2 is 2.21 bits per heavy atom. The van der Waals surface area contributed by atoms with Gasteiger partial charge in [0.25, 0.3) is 0 Å². The molecule has 0 spiro atoms. The van der Waals surface area contributed by atoms with Gasteiger partial charge in [-0.05, 0) is 43.9 Å². The highest BCUT2D eigenvalue weighted by Gasteiger charge is 2.19. The fourth-order valence-corrected chi connectivity index (χ4v) is 3.49. The van der Waals surface area contributed by atoms with E-state index >= 15 is 0 Å². The molecule has 29 heavy (non-hydrogen) atoms. The number of aliphatic imine (C=N–C) groups is 1. The molecular formula is C20H30FIN4O3. The third kappa shape index (κ3) is 6.98. The zero-order chi connectivity index (χ0) is 19.8. The molecule has 3 rings (SSSR count). The monoisotopic (exact) mass is 520 g/mol. The van der Waals surface area contributed by atoms with Gasteiger partial charge in [-0.1, -0.05) is 0 Å². The molecule has 0 aromatic heterocycles. The third-order valence-corrected chi connectivity index (χ3v) is 4.81. The predicted octanol–water partition coefficient (Wildman–Crippen LogP) is 2.42. The molecule has 0 bridgehead atoms. The Bertz CT molecular complexity index is 717. The number of carbonyl (C=O) groups is 1. The van der Waals surface area contributed by atoms with Crippen LogP contribution in [-0.2, 0) is 22.6 Å². The summed E-state index contributed by atoms with van der Waals surface area (Å²) in [4.78, 5) is 18.1. The Morgan fingerprint density at radius 1 is 1.34 bits per heavy atom. The zero-order valence-corrected chi connectivity index (χ0v) is 19.2. The van der Waals surface area contributed by atoms with E-state index in [4.69, 9.17) is 9.47 Å². The van der Waals surface area contributed by atoms with Crippen molar-refractivity contribution in [1.82, 2.24) is 15.5 Å². The van der Waals surface area contributed by atoms with E-state index in [0.717, 1.165) is 55.3 Å². The number of carbonyl (C=O) groups excluding carboxylic acids is 1. The summed E-state index contributed by atoms with van der Waals surface area (Å²) in [6.07, 6.45) is 3.10. The Balaban J connectivity index is 0.00000300. The molecule has 162 valence electrons. The molecule has 2 heterocycles. The number of likely N-dealkylation sites (tertiary alicyclic amines) is 1. The number of guanidine groups is 1. The summed E-state index contributed by atoms with van der Waals surface area (Å²) in [6, 6.07) is 2.98. The summed E-state index contributed by atoms with van der Waals surface area (Å²) < 4.78 is 24.6. The Morgan fingerprint density at radius 3 is 2.97 bits per heavy atom. The normalized spacial score (nSPS) is 16.1. The Hall–Kier alpha value is -1.62. The molecule has 2 aliphatic rings. The molecule has 0 unspecified atom stereocenters. The van der Waals surface area contributed by atoms with Gasteiger partial charge in [0.1, 0.15) is 11.6 Å². The summed E-state index contributed by atoms with van der Waals surface area (Å²) in [5.74, 6) is 1.43. The van der Waals surface area contributed by atoms with Crippen molar-refractivity contribution in [2.45, 2.75) is 39.2 Å². The summed E-state index contributed by atoms with van der Waals surface area (Å²) in [5, 5.41) is 6.49. The first kappa shape index (κ1) is 23.7. The van der Waals surface area contributed by atoms with Gasteiger partial charge < -0.3 is 25.0 Å². The fraction of sp³-hybridized carbons (Fsp3) is 0.600. The number of halogens is 2. The summed E-state index contributed by atoms with van der Waals surface area (Å²) in [6.45, 7) is 6.22. The second-order valence-corrected chi connectivity index (χ2v) is 6.94. The maximum atomic E-state index is 13.8. The summed E-state index contributed by atoms with van der Waals surface area (Å²) >= 11 is 0. The minimum Gasteiger partial charge on any atom is -0.467 e. The van der Waals surface area contributed by atoms with Gasteiger partial charge in [-0.3, -0.25) is 9.79 Å². The van der Waals surface area contributed by atoms with Crippen molar-refractivity contribution in [3.8, 4) is 5.75 Å². The van der Waals surface area contributed by atoms with Crippen molar-refractivity contribution in [1.29, 1.82) is 0 Å². The molecule has 2 aliphatic heterocycles. The number of fused-ring (bicyclic) bond motifs is 1. The highest BCUT2D eigenvalue weighted by Crippen LogP contribution is 2.29. The second-order valence-electron chi connectivity index (χ2n) is 6.94. The maximum Gasteiger partial charge on any atom is 0.222 e. The van der Waals surface area contributed by atoms with Gasteiger partial charge in [0.15, 0.2) is 12.8 Å². The highest BCUT2D eigenvalue weighted by atomic mass is 127. The average molecular weight is 520 g/mol. The van der Waals surface area contributed by atoms with Gasteiger partial charge in [-0.2, -0.15) is 0 Å². The minimum absolute atomic E-state index is 0. The van der Waals surface area contributed by atoms with E-state index < -0.39 is 0 Å². The van der Waals surface area contributed by atoms with Gasteiger partial charge >= 0.3 is 0 Å². The van der Waals surface area contributed by atoms with Gasteiger partial charge in [-0.15, -0.1) is 24.0 Å². The van der Waals surface area contributed by atoms with E-state index in [9.17, 15) is 9.18 Å². The van der Waals surface area contributed by atoms with Gasteiger partial charge in [0, 0.05) is 44.7 Å². The van der Waals surface area contributed by atoms with Crippen LogP contribution in [0.2, 0.25) is 0 Å². The zero-order valence-electron chi connectivity index (χ0n) is 16.8. The van der Waals surface area contributed by atoms with Crippen LogP contribution in [0, 0.1) is 5.82 Å². The Labute approximate surface area is 188 Å². The molecule has 0 radical (unpaired) electrons. The third-order valence-electron chi connectivity index (χ3n) is 4.81. The minimum atomic E-state index is -0.278. The van der Waals surface area contributed by atoms with Crippen molar-refractivity contribution in [3.63, 3.8) is 0 Å². The molecule has 0 atom stereocenters. The first-order valence-corrected chi connectivity index (χ1v) is 9.99. The number of ether oxygens (including phenoxy) is 2. The predicted molar refractivity (Wildman–Crippen MR) is 120 cm³/mol. The van der Waals surface area contributed by atoms with Crippen molar-refractivity contribution < 1.29 is 18.7 Å². The number of nitrogens with one attached hydrogen (secondary N) is 2. The molecule has 0 aliphatic carbocycles. The number of rotatable bonds is 8. The van der Waals surface area contributed by atoms with Gasteiger partial charge in [-0.25, -0.2) is 4.39 Å². The first-order chi connectivity index (χ1) is 13.7. The average Bonchev–Trinajstić information content (AvgIpc) is 3.09. The van der Waals surface area contributed by atoms with Crippen molar-refractivity contribution >= 4 is 35.8 Å². The maximum absolute atomic E-state index is 13.8. The van der Waals surface area contributed by atoms with Crippen LogP contribution < -0.4 is 15.4 Å². The summed E-state index contributed by atoms with van der Waals surface area (Å²) in [5.41, 5.74) is 1.58. The quantitative estimate of drug-likeness (QED) is 0.239. The largest absolute Gasteiger partial charge is 0.467 e. The van der Waals surface area contributed by atoms with Crippen LogP contribution >= 0.6 is 24.0 Å². The number of benzene rings is 1. The highest BCUT2D eigenvalue weighted by molar-refractivity contribution is 14.0. The fourth-order valence-electron chi connectivity index (χ4n) is 3.49. The number of hydrogen-bond donors (Lipinski definition) is 2. The SMILES string of the molecule is CCNC(=NCCCN1CCCC1=O)NCCc1cc(F)cc2c1OCOC2.I. The van der Waals surface area contributed by atoms with Crippen LogP contribution in [0.3, 0.4) is 0 Å². The van der Waals surface area contributed by atoms with E-state index in [2.05, 4.69) is 15.6 Å². The smallest absolute Gasteiger partial charge is 0.222 e. The molecule has 9 heteroatoms. The number of amides is 1. The standard InChI is InChI=1S/C20H29FN4O3.HI/c1-2-22-20(23-7-4-10-25-9-3-5-18(25)26)24-8-6-15-11-17(21)12-16-13-27-14-28-19(15)16;/h11-12H,2-10,13-14H2,1H3,(H2,22,23,24);1H. The van der Waals surface area contributed by atoms with Gasteiger partial charge in [0.05, 0.1) is 6.61 Å². The van der Waals surface area contributed by atoms with Crippen molar-refractivity contribution in [2.24, 2.45) is 4.99 Å². The first-order valence-electron chi connectivity index (χ1n) is 9.99. The molecule has 2 N–H and O–H groups in total. The van der Waals surface area contributed by atoms with E-state index in [1.807, 2.05) is 11.8 Å². The molecular weight excluding hydrogens is 490 g/mol. The lowest BCUT2D eigenvalue weighted by Crippen LogP contribution is -2.38. The van der Waals surface area contributed by atoms with Crippen LogP contribution in [0.15, 0.2) is 17.1 Å². The van der Waals surface area contributed by atoms with Crippen LogP contribution in [0.25, 0.3) is 0 Å². The number of nitrogens with zero attached hydrogens (tertiary/aromatic N) is 2. The van der Waals surface area contributed by atoms with Crippen LogP contribution in [0.1, 0.15) is 37.3 Å². The lowest BCUT2D eigenvalue weighted by Gasteiger charge is -2.21. The van der Waals surface area contributed by atoms with E-state index in [1.165, 1.54) is 12.1 Å². The topological polar surface area (TPSA) is 75.2 Å². The lowest BCUT2D eigenvalue weighted by molar-refractivity contribution is -0.127. The van der Waals surface area contributed by atoms with E-state index in [1.54, 1.807) is 0 Å². The molecule has 1 aromatic carbocycles. The molecule has 1 saturated heterocycles. The van der Waals surface area contributed by atoms with Crippen molar-refractivity contribution in [2.75, 3.05) is 39.5 Å². The lowest BCUT2D eigenvalue weighted by atomic mass is 10.1. The Kier molecular flexibility index (Phi) is 9.92. The number of hydrogen-bond acceptors (Lipinski definition) is 4. The van der Waals surface area contributed by atoms with Crippen LogP contribution in [0.4, 0.5) is 4.39 Å². The molecule has 0 saturated carbocycles. The molecule has 1 amide bonds. The molecule has 1 aromatic rings. The molecule has 7 nitrogen and oxygen atoms in total. The van der Waals surface area contributed by atoms with Gasteiger partial charge in [0.2, 0.25) is 5.91 Å². The second kappa shape index (κ2) is 12.2. The van der Waals surface area contributed by atoms with E-state index in [-0.39, 0.29) is 42.5 Å². The summed E-state index contributed by atoms with van der Waals surface area (Å²) in [7, 11) is 0. The van der Waals surface area contributed by atoms with Crippen LogP contribution in [-0.4, -0.2) is 56.3 Å². The van der Waals surface area contributed by atoms with Crippen LogP contribution in [0.5, 0.6) is 5.75 Å². The molecule has 1 fully saturated rings. The van der Waals surface area contributed by atoms with Crippen molar-refractivity contribution in [3.05, 3.63) is 29.1 Å². The van der Waals surface area contributed by atoms with E-state index in [0.29, 0.717) is 32.5 Å².